The van der Waals surface area contributed by atoms with Gasteiger partial charge in [0.1, 0.15) is 11.5 Å². The number of sulfone groups is 1. The van der Waals surface area contributed by atoms with Gasteiger partial charge in [-0.15, -0.1) is 0 Å². The van der Waals surface area contributed by atoms with Crippen molar-refractivity contribution in [2.75, 3.05) is 53.3 Å². The lowest BCUT2D eigenvalue weighted by Crippen LogP contribution is -2.53. The molecule has 0 unspecified atom stereocenters. The van der Waals surface area contributed by atoms with Crippen LogP contribution in [0.1, 0.15) is 36.5 Å². The van der Waals surface area contributed by atoms with Crippen LogP contribution in [0.5, 0.6) is 11.5 Å². The standard InChI is InChI=1S/C33H42N4O7S/c1-37(2)20-8-19-34-36-32(39)33(18-23-45(40,41)29-12-5-4-6-13-29)30(26-10-7-11-28(24-26)42-3)44-31(35-33)25-14-16-27(17-15-25)43-22-9-21-38/h4-7,10-17,24,30,34,38H,8-9,18-23H2,1-3H3,(H,36,39)/t30-,33-/m0/s1. The summed E-state index contributed by atoms with van der Waals surface area (Å²) >= 11 is 0. The van der Waals surface area contributed by atoms with E-state index in [4.69, 9.17) is 24.3 Å². The number of ether oxygens (including phenoxy) is 3. The highest BCUT2D eigenvalue weighted by Gasteiger charge is 2.53. The molecule has 0 bridgehead atoms. The number of nitrogens with one attached hydrogen (secondary N) is 2. The molecule has 1 aliphatic heterocycles. The number of methoxy groups -OCH3 is 1. The van der Waals surface area contributed by atoms with E-state index in [-0.39, 0.29) is 29.6 Å². The van der Waals surface area contributed by atoms with Crippen LogP contribution in [0.3, 0.4) is 0 Å². The molecule has 1 aliphatic rings. The average molecular weight is 639 g/mol. The van der Waals surface area contributed by atoms with Crippen LogP contribution in [0.4, 0.5) is 0 Å². The molecule has 0 saturated heterocycles. The molecule has 0 fully saturated rings. The Balaban J connectivity index is 1.73. The maximum atomic E-state index is 14.2. The molecule has 0 spiro atoms. The lowest BCUT2D eigenvalue weighted by Gasteiger charge is -2.30. The average Bonchev–Trinajstić information content (AvgIpc) is 3.45. The van der Waals surface area contributed by atoms with Gasteiger partial charge in [-0.25, -0.2) is 18.8 Å². The second kappa shape index (κ2) is 15.8. The number of amides is 1. The molecule has 3 aromatic rings. The van der Waals surface area contributed by atoms with Crippen LogP contribution in [-0.4, -0.2) is 89.0 Å². The van der Waals surface area contributed by atoms with Crippen molar-refractivity contribution in [1.29, 1.82) is 0 Å². The number of hydrazine groups is 1. The van der Waals surface area contributed by atoms with Crippen LogP contribution in [0, 0.1) is 0 Å². The Morgan fingerprint density at radius 1 is 1.02 bits per heavy atom. The molecule has 12 heteroatoms. The molecule has 0 saturated carbocycles. The second-order valence-electron chi connectivity index (χ2n) is 11.0. The fourth-order valence-electron chi connectivity index (χ4n) is 4.95. The van der Waals surface area contributed by atoms with Gasteiger partial charge in [-0.3, -0.25) is 10.2 Å². The Hall–Kier alpha value is -3.97. The molecular formula is C33H42N4O7S. The monoisotopic (exact) mass is 638 g/mol. The fourth-order valence-corrected chi connectivity index (χ4v) is 6.33. The van der Waals surface area contributed by atoms with Crippen molar-refractivity contribution in [3.63, 3.8) is 0 Å². The first-order chi connectivity index (χ1) is 21.7. The molecule has 3 N–H and O–H groups in total. The molecule has 4 rings (SSSR count). The van der Waals surface area contributed by atoms with E-state index in [0.717, 1.165) is 13.0 Å². The maximum Gasteiger partial charge on any atom is 0.266 e. The Bertz CT molecular complexity index is 1530. The van der Waals surface area contributed by atoms with Crippen molar-refractivity contribution in [3.05, 3.63) is 90.0 Å². The van der Waals surface area contributed by atoms with E-state index in [2.05, 4.69) is 10.9 Å². The third-order valence-electron chi connectivity index (χ3n) is 7.39. The van der Waals surface area contributed by atoms with E-state index in [1.807, 2.05) is 25.1 Å². The van der Waals surface area contributed by atoms with E-state index < -0.39 is 27.4 Å². The number of rotatable bonds is 17. The summed E-state index contributed by atoms with van der Waals surface area (Å²) in [6.07, 6.45) is 0.174. The molecule has 11 nitrogen and oxygen atoms in total. The first-order valence-electron chi connectivity index (χ1n) is 14.9. The van der Waals surface area contributed by atoms with E-state index >= 15 is 0 Å². The van der Waals surface area contributed by atoms with Gasteiger partial charge in [0.15, 0.2) is 21.5 Å². The smallest absolute Gasteiger partial charge is 0.266 e. The van der Waals surface area contributed by atoms with Crippen molar-refractivity contribution in [2.45, 2.75) is 35.8 Å². The minimum Gasteiger partial charge on any atom is -0.497 e. The lowest BCUT2D eigenvalue weighted by atomic mass is 9.85. The highest BCUT2D eigenvalue weighted by atomic mass is 32.2. The largest absolute Gasteiger partial charge is 0.497 e. The van der Waals surface area contributed by atoms with Crippen LogP contribution in [0.25, 0.3) is 0 Å². The molecule has 242 valence electrons. The fraction of sp³-hybridized carbons (Fsp3) is 0.394. The van der Waals surface area contributed by atoms with E-state index in [9.17, 15) is 13.2 Å². The topological polar surface area (TPSA) is 139 Å². The zero-order valence-corrected chi connectivity index (χ0v) is 26.8. The van der Waals surface area contributed by atoms with E-state index in [1.54, 1.807) is 67.8 Å². The van der Waals surface area contributed by atoms with E-state index in [1.165, 1.54) is 12.1 Å². The SMILES string of the molecule is COc1cccc([C@@H]2OC(c3ccc(OCCCO)cc3)=N[C@]2(CCS(=O)(=O)c2ccccc2)C(=O)NNCCCN(C)C)c1. The lowest BCUT2D eigenvalue weighted by molar-refractivity contribution is -0.130. The van der Waals surface area contributed by atoms with Gasteiger partial charge in [-0.1, -0.05) is 30.3 Å². The van der Waals surface area contributed by atoms with Gasteiger partial charge < -0.3 is 24.2 Å². The quantitative estimate of drug-likeness (QED) is 0.150. The summed E-state index contributed by atoms with van der Waals surface area (Å²) in [5.41, 5.74) is 5.34. The Kier molecular flexibility index (Phi) is 11.9. The van der Waals surface area contributed by atoms with Gasteiger partial charge in [0.2, 0.25) is 5.90 Å². The van der Waals surface area contributed by atoms with E-state index in [0.29, 0.717) is 42.2 Å². The molecule has 0 aliphatic carbocycles. The third-order valence-corrected chi connectivity index (χ3v) is 9.12. The number of hydrogen-bond acceptors (Lipinski definition) is 10. The maximum absolute atomic E-state index is 14.2. The molecule has 0 aromatic heterocycles. The Morgan fingerprint density at radius 3 is 2.47 bits per heavy atom. The normalized spacial score (nSPS) is 17.9. The first kappa shape index (κ1) is 33.9. The summed E-state index contributed by atoms with van der Waals surface area (Å²) in [4.78, 5) is 21.3. The minimum atomic E-state index is -3.77. The summed E-state index contributed by atoms with van der Waals surface area (Å²) < 4.78 is 44.5. The van der Waals surface area contributed by atoms with Crippen LogP contribution >= 0.6 is 0 Å². The van der Waals surface area contributed by atoms with Crippen molar-refractivity contribution in [2.24, 2.45) is 4.99 Å². The highest BCUT2D eigenvalue weighted by molar-refractivity contribution is 7.91. The van der Waals surface area contributed by atoms with Gasteiger partial charge in [-0.05, 0) is 81.2 Å². The second-order valence-corrected chi connectivity index (χ2v) is 13.1. The predicted molar refractivity (Wildman–Crippen MR) is 172 cm³/mol. The number of aliphatic hydroxyl groups excluding tert-OH is 1. The van der Waals surface area contributed by atoms with Gasteiger partial charge in [-0.2, -0.15) is 0 Å². The van der Waals surface area contributed by atoms with Crippen LogP contribution < -0.4 is 20.3 Å². The summed E-state index contributed by atoms with van der Waals surface area (Å²) in [7, 11) is 1.72. The molecule has 0 radical (unpaired) electrons. The van der Waals surface area contributed by atoms with Gasteiger partial charge in [0.05, 0.1) is 24.4 Å². The van der Waals surface area contributed by atoms with Crippen molar-refractivity contribution in [3.8, 4) is 11.5 Å². The predicted octanol–water partition coefficient (Wildman–Crippen LogP) is 3.15. The van der Waals surface area contributed by atoms with Gasteiger partial charge >= 0.3 is 0 Å². The zero-order chi connectivity index (χ0) is 32.3. The summed E-state index contributed by atoms with van der Waals surface area (Å²) in [6.45, 7) is 1.72. The summed E-state index contributed by atoms with van der Waals surface area (Å²) in [6, 6.07) is 22.3. The van der Waals surface area contributed by atoms with Crippen LogP contribution in [0.15, 0.2) is 88.8 Å². The van der Waals surface area contributed by atoms with Gasteiger partial charge in [0, 0.05) is 31.6 Å². The number of aliphatic hydroxyl groups is 1. The number of aliphatic imine (C=N–C) groups is 1. The summed E-state index contributed by atoms with van der Waals surface area (Å²) in [5.74, 6) is 0.507. The number of carbonyl (C=O) groups excluding carboxylic acids is 1. The number of carbonyl (C=O) groups is 1. The van der Waals surface area contributed by atoms with Gasteiger partial charge in [0.25, 0.3) is 5.91 Å². The van der Waals surface area contributed by atoms with Crippen LogP contribution in [-0.2, 0) is 19.4 Å². The van der Waals surface area contributed by atoms with Crippen LogP contribution in [0.2, 0.25) is 0 Å². The molecular weight excluding hydrogens is 596 g/mol. The molecule has 1 amide bonds. The number of nitrogens with zero attached hydrogens (tertiary/aromatic N) is 2. The third kappa shape index (κ3) is 8.82. The first-order valence-corrected chi connectivity index (χ1v) is 16.5. The summed E-state index contributed by atoms with van der Waals surface area (Å²) in [5, 5.41) is 9.04. The Labute approximate surface area is 265 Å². The molecule has 45 heavy (non-hydrogen) atoms. The molecule has 1 heterocycles. The van der Waals surface area contributed by atoms with Crippen molar-refractivity contribution in [1.82, 2.24) is 15.8 Å². The minimum absolute atomic E-state index is 0.0308. The van der Waals surface area contributed by atoms with Crippen molar-refractivity contribution < 1.29 is 32.5 Å². The van der Waals surface area contributed by atoms with Crippen molar-refractivity contribution >= 4 is 21.6 Å². The number of benzene rings is 3. The molecule has 3 aromatic carbocycles. The zero-order valence-electron chi connectivity index (χ0n) is 25.9. The highest BCUT2D eigenvalue weighted by Crippen LogP contribution is 2.43. The number of hydrogen-bond donors (Lipinski definition) is 3. The Morgan fingerprint density at radius 2 is 1.78 bits per heavy atom. The molecule has 2 atom stereocenters.